The fourth-order valence-corrected chi connectivity index (χ4v) is 2.46. The van der Waals surface area contributed by atoms with Crippen molar-refractivity contribution in [2.75, 3.05) is 12.4 Å². The number of anilines is 1. The normalized spacial score (nSPS) is 11.2. The number of carbonyl (C=O) groups is 1. The van der Waals surface area contributed by atoms with E-state index in [-0.39, 0.29) is 16.7 Å². The van der Waals surface area contributed by atoms with E-state index >= 15 is 0 Å². The topological polar surface area (TPSA) is 78.3 Å². The maximum Gasteiger partial charge on any atom is 0.437 e. The van der Waals surface area contributed by atoms with Gasteiger partial charge in [0.1, 0.15) is 10.9 Å². The molecule has 1 amide bonds. The van der Waals surface area contributed by atoms with Gasteiger partial charge in [-0.3, -0.25) is 5.32 Å². The zero-order valence-electron chi connectivity index (χ0n) is 14.2. The van der Waals surface area contributed by atoms with Crippen LogP contribution in [-0.2, 0) is 6.18 Å². The van der Waals surface area contributed by atoms with Crippen molar-refractivity contribution in [1.82, 2.24) is 14.8 Å². The lowest BCUT2D eigenvalue weighted by atomic mass is 10.3. The summed E-state index contributed by atoms with van der Waals surface area (Å²) in [5, 5.41) is 5.94. The summed E-state index contributed by atoms with van der Waals surface area (Å²) in [4.78, 5) is 15.8. The van der Waals surface area contributed by atoms with Crippen LogP contribution in [0, 0.1) is 0 Å². The zero-order valence-corrected chi connectivity index (χ0v) is 15.0. The third kappa shape index (κ3) is 4.34. The Bertz CT molecular complexity index is 1010. The molecular weight excluding hydrogens is 401 g/mol. The Morgan fingerprint density at radius 2 is 1.96 bits per heavy atom. The molecule has 1 N–H and O–H groups in total. The minimum absolute atomic E-state index is 0.0145. The molecule has 0 aliphatic rings. The fourth-order valence-electron chi connectivity index (χ4n) is 2.30. The predicted octanol–water partition coefficient (Wildman–Crippen LogP) is 4.56. The molecule has 0 saturated carbocycles. The second kappa shape index (κ2) is 7.77. The lowest BCUT2D eigenvalue weighted by molar-refractivity contribution is -0.143. The van der Waals surface area contributed by atoms with Crippen LogP contribution in [0.2, 0.25) is 5.15 Å². The van der Waals surface area contributed by atoms with E-state index in [2.05, 4.69) is 15.4 Å². The van der Waals surface area contributed by atoms with Crippen molar-refractivity contribution in [1.29, 1.82) is 0 Å². The molecule has 0 saturated heterocycles. The third-order valence-corrected chi connectivity index (χ3v) is 3.65. The lowest BCUT2D eigenvalue weighted by Crippen LogP contribution is -2.20. The summed E-state index contributed by atoms with van der Waals surface area (Å²) in [6.07, 6.45) is -5.22. The van der Waals surface area contributed by atoms with Crippen molar-refractivity contribution in [2.45, 2.75) is 6.18 Å². The highest BCUT2D eigenvalue weighted by Crippen LogP contribution is 2.37. The molecule has 0 aliphatic heterocycles. The molecule has 0 aliphatic carbocycles. The Balaban J connectivity index is 1.88. The average Bonchev–Trinajstić information content (AvgIpc) is 3.05. The van der Waals surface area contributed by atoms with Crippen molar-refractivity contribution in [2.24, 2.45) is 0 Å². The van der Waals surface area contributed by atoms with E-state index in [9.17, 15) is 18.0 Å². The van der Waals surface area contributed by atoms with Gasteiger partial charge in [-0.2, -0.15) is 18.3 Å². The number of nitrogens with zero attached hydrogens (tertiary/aromatic N) is 3. The molecule has 2 aromatic heterocycles. The van der Waals surface area contributed by atoms with Gasteiger partial charge in [0, 0.05) is 11.8 Å². The number of ether oxygens (including phenoxy) is 2. The van der Waals surface area contributed by atoms with Crippen LogP contribution < -0.4 is 14.8 Å². The number of hydrogen-bond donors (Lipinski definition) is 1. The van der Waals surface area contributed by atoms with Gasteiger partial charge in [-0.05, 0) is 24.3 Å². The number of aromatic nitrogens is 3. The van der Waals surface area contributed by atoms with Crippen LogP contribution in [0.4, 0.5) is 23.7 Å². The number of nitrogens with one attached hydrogen (secondary N) is 1. The van der Waals surface area contributed by atoms with Crippen LogP contribution in [-0.4, -0.2) is 28.0 Å². The molecular formula is C17H12ClF3N4O3. The lowest BCUT2D eigenvalue weighted by Gasteiger charge is -2.12. The first-order valence-electron chi connectivity index (χ1n) is 7.69. The number of benzene rings is 1. The van der Waals surface area contributed by atoms with Gasteiger partial charge in [0.2, 0.25) is 0 Å². The summed E-state index contributed by atoms with van der Waals surface area (Å²) in [7, 11) is 1.44. The van der Waals surface area contributed by atoms with Crippen LogP contribution in [0.15, 0.2) is 48.7 Å². The van der Waals surface area contributed by atoms with E-state index in [4.69, 9.17) is 21.1 Å². The molecule has 1 aromatic carbocycles. The highest BCUT2D eigenvalue weighted by atomic mass is 35.5. The number of rotatable bonds is 4. The first-order valence-corrected chi connectivity index (χ1v) is 8.07. The molecule has 11 heteroatoms. The van der Waals surface area contributed by atoms with E-state index < -0.39 is 23.7 Å². The van der Waals surface area contributed by atoms with E-state index in [0.29, 0.717) is 10.4 Å². The van der Waals surface area contributed by atoms with E-state index in [0.717, 1.165) is 6.20 Å². The van der Waals surface area contributed by atoms with Gasteiger partial charge < -0.3 is 9.47 Å². The second-order valence-electron chi connectivity index (χ2n) is 5.33. The number of hydrogen-bond acceptors (Lipinski definition) is 5. The highest BCUT2D eigenvalue weighted by molar-refractivity contribution is 6.29. The Kier molecular flexibility index (Phi) is 5.41. The maximum absolute atomic E-state index is 13.6. The number of carbonyl (C=O) groups excluding carboxylic acids is 1. The molecule has 3 aromatic rings. The van der Waals surface area contributed by atoms with Crippen LogP contribution in [0.1, 0.15) is 5.69 Å². The predicted molar refractivity (Wildman–Crippen MR) is 94.0 cm³/mol. The summed E-state index contributed by atoms with van der Waals surface area (Å²) in [6.45, 7) is 0. The first-order chi connectivity index (χ1) is 13.3. The number of halogens is 4. The van der Waals surface area contributed by atoms with Gasteiger partial charge in [0.05, 0.1) is 13.3 Å². The Morgan fingerprint density at radius 1 is 1.21 bits per heavy atom. The van der Waals surface area contributed by atoms with Crippen molar-refractivity contribution in [3.63, 3.8) is 0 Å². The summed E-state index contributed by atoms with van der Waals surface area (Å²) in [5.41, 5.74) is -1.02. The van der Waals surface area contributed by atoms with Crippen molar-refractivity contribution in [3.8, 4) is 17.3 Å². The van der Waals surface area contributed by atoms with E-state index in [1.54, 1.807) is 12.1 Å². The summed E-state index contributed by atoms with van der Waals surface area (Å²) >= 11 is 5.73. The van der Waals surface area contributed by atoms with Crippen molar-refractivity contribution in [3.05, 3.63) is 59.5 Å². The van der Waals surface area contributed by atoms with Crippen molar-refractivity contribution >= 4 is 23.4 Å². The molecule has 3 rings (SSSR count). The Morgan fingerprint density at radius 3 is 2.64 bits per heavy atom. The quantitative estimate of drug-likeness (QED) is 0.636. The van der Waals surface area contributed by atoms with Crippen LogP contribution in [0.5, 0.6) is 11.5 Å². The van der Waals surface area contributed by atoms with Gasteiger partial charge in [-0.15, -0.1) is 0 Å². The minimum atomic E-state index is -4.87. The smallest absolute Gasteiger partial charge is 0.437 e. The number of amides is 1. The van der Waals surface area contributed by atoms with Gasteiger partial charge >= 0.3 is 12.3 Å². The van der Waals surface area contributed by atoms with E-state index in [1.165, 1.54) is 37.4 Å². The number of pyridine rings is 1. The summed E-state index contributed by atoms with van der Waals surface area (Å²) in [5.74, 6) is -0.508. The van der Waals surface area contributed by atoms with Gasteiger partial charge in [-0.1, -0.05) is 23.7 Å². The third-order valence-electron chi connectivity index (χ3n) is 3.44. The average molecular weight is 413 g/mol. The monoisotopic (exact) mass is 412 g/mol. The standard InChI is InChI=1S/C17H12ClF3N4O3/c1-27-11-5-2-4-10(8-11)23-16(26)28-12-9-22-25(15(12)17(19,20)21)14-7-3-6-13(18)24-14/h2-9H,1H3,(H,23,26). The molecule has 0 bridgehead atoms. The van der Waals surface area contributed by atoms with Crippen molar-refractivity contribution < 1.29 is 27.4 Å². The molecule has 7 nitrogen and oxygen atoms in total. The zero-order chi connectivity index (χ0) is 20.3. The highest BCUT2D eigenvalue weighted by Gasteiger charge is 2.40. The number of alkyl halides is 3. The maximum atomic E-state index is 13.6. The minimum Gasteiger partial charge on any atom is -0.497 e. The second-order valence-corrected chi connectivity index (χ2v) is 5.72. The largest absolute Gasteiger partial charge is 0.497 e. The molecule has 0 fully saturated rings. The van der Waals surface area contributed by atoms with Gasteiger partial charge in [-0.25, -0.2) is 14.5 Å². The van der Waals surface area contributed by atoms with E-state index in [1.807, 2.05) is 0 Å². The van der Waals surface area contributed by atoms with Gasteiger partial charge in [0.25, 0.3) is 0 Å². The SMILES string of the molecule is COc1cccc(NC(=O)Oc2cnn(-c3cccc(Cl)n3)c2C(F)(F)F)c1. The van der Waals surface area contributed by atoms with Crippen LogP contribution >= 0.6 is 11.6 Å². The molecule has 146 valence electrons. The molecule has 0 spiro atoms. The Labute approximate surface area is 161 Å². The molecule has 0 radical (unpaired) electrons. The first kappa shape index (κ1) is 19.5. The Hall–Kier alpha value is -3.27. The van der Waals surface area contributed by atoms with Gasteiger partial charge in [0.15, 0.2) is 17.3 Å². The molecule has 2 heterocycles. The molecule has 0 unspecified atom stereocenters. The number of methoxy groups -OCH3 is 1. The molecule has 28 heavy (non-hydrogen) atoms. The molecule has 0 atom stereocenters. The van der Waals surface area contributed by atoms with Crippen LogP contribution in [0.25, 0.3) is 5.82 Å². The summed E-state index contributed by atoms with van der Waals surface area (Å²) < 4.78 is 51.0. The fraction of sp³-hybridized carbons (Fsp3) is 0.118. The van der Waals surface area contributed by atoms with Crippen LogP contribution in [0.3, 0.4) is 0 Å². The summed E-state index contributed by atoms with van der Waals surface area (Å²) in [6, 6.07) is 10.3.